The summed E-state index contributed by atoms with van der Waals surface area (Å²) in [6.07, 6.45) is 2.58. The molecule has 0 aromatic carbocycles. The monoisotopic (exact) mass is 206 g/mol. The van der Waals surface area contributed by atoms with Crippen LogP contribution in [0.25, 0.3) is 5.82 Å². The molecule has 0 bridgehead atoms. The van der Waals surface area contributed by atoms with Crippen molar-refractivity contribution in [3.05, 3.63) is 40.7 Å². The van der Waals surface area contributed by atoms with Crippen LogP contribution < -0.4 is 5.69 Å². The molecule has 0 aliphatic heterocycles. The van der Waals surface area contributed by atoms with E-state index in [0.717, 1.165) is 4.57 Å². The third kappa shape index (κ3) is 1.50. The molecule has 0 radical (unpaired) electrons. The largest absolute Gasteiger partial charge is 0.478 e. The Bertz CT molecular complexity index is 557. The van der Waals surface area contributed by atoms with E-state index in [1.165, 1.54) is 24.7 Å². The summed E-state index contributed by atoms with van der Waals surface area (Å²) in [5.41, 5.74) is -0.586. The Labute approximate surface area is 83.0 Å². The van der Waals surface area contributed by atoms with Crippen LogP contribution in [0.2, 0.25) is 0 Å². The highest BCUT2D eigenvalue weighted by Gasteiger charge is 2.13. The van der Waals surface area contributed by atoms with E-state index in [9.17, 15) is 9.59 Å². The van der Waals surface area contributed by atoms with Gasteiger partial charge in [0, 0.05) is 6.20 Å². The molecule has 0 fully saturated rings. The number of carbonyl (C=O) groups is 1. The quantitative estimate of drug-likeness (QED) is 0.699. The van der Waals surface area contributed by atoms with Gasteiger partial charge in [-0.3, -0.25) is 0 Å². The molecule has 0 aliphatic rings. The zero-order valence-electron chi connectivity index (χ0n) is 7.41. The van der Waals surface area contributed by atoms with Crippen LogP contribution in [0.1, 0.15) is 10.4 Å². The molecular formula is C8H6N4O3. The zero-order valence-corrected chi connectivity index (χ0v) is 7.41. The Hall–Kier alpha value is -2.44. The van der Waals surface area contributed by atoms with Crippen LogP contribution in [0.3, 0.4) is 0 Å². The summed E-state index contributed by atoms with van der Waals surface area (Å²) in [6, 6.07) is 2.85. The first-order chi connectivity index (χ1) is 7.20. The van der Waals surface area contributed by atoms with Crippen LogP contribution in [0.4, 0.5) is 0 Å². The fourth-order valence-electron chi connectivity index (χ4n) is 1.15. The predicted molar refractivity (Wildman–Crippen MR) is 48.9 cm³/mol. The van der Waals surface area contributed by atoms with Crippen molar-refractivity contribution >= 4 is 5.97 Å². The molecule has 2 rings (SSSR count). The second-order valence-electron chi connectivity index (χ2n) is 2.71. The minimum atomic E-state index is -1.15. The molecule has 76 valence electrons. The van der Waals surface area contributed by atoms with E-state index in [2.05, 4.69) is 15.2 Å². The summed E-state index contributed by atoms with van der Waals surface area (Å²) < 4.78 is 1.03. The molecule has 0 unspecified atom stereocenters. The first-order valence-corrected chi connectivity index (χ1v) is 4.01. The Kier molecular flexibility index (Phi) is 2.05. The van der Waals surface area contributed by atoms with Gasteiger partial charge in [0.15, 0.2) is 5.82 Å². The van der Waals surface area contributed by atoms with Gasteiger partial charge in [-0.15, -0.1) is 0 Å². The molecule has 7 nitrogen and oxygen atoms in total. The van der Waals surface area contributed by atoms with Crippen molar-refractivity contribution in [3.8, 4) is 5.82 Å². The lowest BCUT2D eigenvalue weighted by atomic mass is 10.2. The van der Waals surface area contributed by atoms with Gasteiger partial charge in [-0.1, -0.05) is 0 Å². The summed E-state index contributed by atoms with van der Waals surface area (Å²) in [7, 11) is 0. The van der Waals surface area contributed by atoms with Gasteiger partial charge in [-0.2, -0.15) is 5.10 Å². The lowest BCUT2D eigenvalue weighted by molar-refractivity contribution is 0.0696. The summed E-state index contributed by atoms with van der Waals surface area (Å²) in [4.78, 5) is 25.9. The Morgan fingerprint density at radius 1 is 1.53 bits per heavy atom. The van der Waals surface area contributed by atoms with Crippen molar-refractivity contribution < 1.29 is 9.90 Å². The van der Waals surface area contributed by atoms with Crippen LogP contribution in [-0.2, 0) is 0 Å². The highest BCUT2D eigenvalue weighted by molar-refractivity contribution is 5.90. The van der Waals surface area contributed by atoms with E-state index < -0.39 is 11.7 Å². The first-order valence-electron chi connectivity index (χ1n) is 4.01. The number of nitrogens with one attached hydrogen (secondary N) is 1. The summed E-state index contributed by atoms with van der Waals surface area (Å²) in [5, 5.41) is 14.5. The predicted octanol–water partition coefficient (Wildman–Crippen LogP) is -0.346. The zero-order chi connectivity index (χ0) is 10.8. The van der Waals surface area contributed by atoms with Crippen molar-refractivity contribution in [2.45, 2.75) is 0 Å². The van der Waals surface area contributed by atoms with Gasteiger partial charge in [0.2, 0.25) is 0 Å². The maximum Gasteiger partial charge on any atom is 0.348 e. The number of hydrogen-bond acceptors (Lipinski definition) is 4. The van der Waals surface area contributed by atoms with Gasteiger partial charge < -0.3 is 5.11 Å². The SMILES string of the molecule is O=C(O)c1cccnc1-n1cn[nH]c1=O. The third-order valence-corrected chi connectivity index (χ3v) is 1.80. The normalized spacial score (nSPS) is 10.1. The van der Waals surface area contributed by atoms with Crippen LogP contribution >= 0.6 is 0 Å². The van der Waals surface area contributed by atoms with Gasteiger partial charge in [-0.05, 0) is 12.1 Å². The molecule has 2 N–H and O–H groups in total. The maximum atomic E-state index is 11.2. The number of carboxylic acid groups (broad SMARTS) is 1. The molecule has 0 aliphatic carbocycles. The minimum absolute atomic E-state index is 0.0451. The second-order valence-corrected chi connectivity index (χ2v) is 2.71. The number of carboxylic acids is 1. The van der Waals surface area contributed by atoms with Crippen molar-refractivity contribution in [1.29, 1.82) is 0 Å². The Balaban J connectivity index is 2.68. The lowest BCUT2D eigenvalue weighted by Gasteiger charge is -2.02. The molecule has 0 saturated carbocycles. The van der Waals surface area contributed by atoms with Crippen LogP contribution in [0.5, 0.6) is 0 Å². The molecule has 2 heterocycles. The summed E-state index contributed by atoms with van der Waals surface area (Å²) >= 11 is 0. The molecule has 15 heavy (non-hydrogen) atoms. The number of nitrogens with zero attached hydrogens (tertiary/aromatic N) is 3. The smallest absolute Gasteiger partial charge is 0.348 e. The molecule has 2 aromatic rings. The number of rotatable bonds is 2. The Morgan fingerprint density at radius 3 is 2.93 bits per heavy atom. The average Bonchev–Trinajstić information content (AvgIpc) is 2.64. The van der Waals surface area contributed by atoms with Crippen molar-refractivity contribution in [1.82, 2.24) is 19.7 Å². The van der Waals surface area contributed by atoms with E-state index >= 15 is 0 Å². The number of hydrogen-bond donors (Lipinski definition) is 2. The summed E-state index contributed by atoms with van der Waals surface area (Å²) in [6.45, 7) is 0. The number of H-pyrrole nitrogens is 1. The van der Waals surface area contributed by atoms with Gasteiger partial charge in [0.25, 0.3) is 0 Å². The van der Waals surface area contributed by atoms with E-state index in [4.69, 9.17) is 5.11 Å². The van der Waals surface area contributed by atoms with Crippen LogP contribution in [0.15, 0.2) is 29.5 Å². The minimum Gasteiger partial charge on any atom is -0.478 e. The van der Waals surface area contributed by atoms with Gasteiger partial charge >= 0.3 is 11.7 Å². The number of aromatic carboxylic acids is 1. The standard InChI is InChI=1S/C8H6N4O3/c13-7(14)5-2-1-3-9-6(5)12-4-10-11-8(12)15/h1-4H,(H,11,15)(H,13,14). The molecule has 0 amide bonds. The fourth-order valence-corrected chi connectivity index (χ4v) is 1.15. The van der Waals surface area contributed by atoms with Gasteiger partial charge in [-0.25, -0.2) is 24.2 Å². The van der Waals surface area contributed by atoms with Gasteiger partial charge in [0.1, 0.15) is 11.9 Å². The maximum absolute atomic E-state index is 11.2. The lowest BCUT2D eigenvalue weighted by Crippen LogP contribution is -2.18. The third-order valence-electron chi connectivity index (χ3n) is 1.80. The van der Waals surface area contributed by atoms with Crippen LogP contribution in [-0.4, -0.2) is 30.8 Å². The molecule has 0 atom stereocenters. The molecule has 2 aromatic heterocycles. The van der Waals surface area contributed by atoms with E-state index in [-0.39, 0.29) is 11.4 Å². The molecule has 7 heteroatoms. The second kappa shape index (κ2) is 3.37. The van der Waals surface area contributed by atoms with E-state index in [0.29, 0.717) is 0 Å². The van der Waals surface area contributed by atoms with Crippen LogP contribution in [0, 0.1) is 0 Å². The molecule has 0 spiro atoms. The topological polar surface area (TPSA) is 101 Å². The number of pyridine rings is 1. The van der Waals surface area contributed by atoms with Gasteiger partial charge in [0.05, 0.1) is 0 Å². The van der Waals surface area contributed by atoms with Crippen molar-refractivity contribution in [2.75, 3.05) is 0 Å². The van der Waals surface area contributed by atoms with Crippen molar-refractivity contribution in [3.63, 3.8) is 0 Å². The molecule has 0 saturated heterocycles. The summed E-state index contributed by atoms with van der Waals surface area (Å²) in [5.74, 6) is -1.10. The van der Waals surface area contributed by atoms with Crippen molar-refractivity contribution in [2.24, 2.45) is 0 Å². The highest BCUT2D eigenvalue weighted by atomic mass is 16.4. The average molecular weight is 206 g/mol. The number of aromatic amines is 1. The first kappa shape index (κ1) is 9.13. The fraction of sp³-hybridized carbons (Fsp3) is 0. The Morgan fingerprint density at radius 2 is 2.33 bits per heavy atom. The van der Waals surface area contributed by atoms with E-state index in [1.54, 1.807) is 0 Å². The number of aromatic nitrogens is 4. The van der Waals surface area contributed by atoms with E-state index in [1.807, 2.05) is 0 Å². The highest BCUT2D eigenvalue weighted by Crippen LogP contribution is 2.07. The molecular weight excluding hydrogens is 200 g/mol.